The number of aliphatic hydroxyl groups excluding tert-OH is 1. The van der Waals surface area contributed by atoms with Crippen molar-refractivity contribution in [2.75, 3.05) is 14.2 Å². The van der Waals surface area contributed by atoms with Crippen molar-refractivity contribution in [3.05, 3.63) is 58.1 Å². The van der Waals surface area contributed by atoms with Gasteiger partial charge in [-0.25, -0.2) is 0 Å². The predicted molar refractivity (Wildman–Crippen MR) is 77.7 cm³/mol. The third-order valence-electron chi connectivity index (χ3n) is 2.92. The van der Waals surface area contributed by atoms with Crippen LogP contribution in [0, 0.1) is 0 Å². The molecule has 0 fully saturated rings. The lowest BCUT2D eigenvalue weighted by Gasteiger charge is -2.17. The van der Waals surface area contributed by atoms with E-state index in [0.717, 1.165) is 4.47 Å². The van der Waals surface area contributed by atoms with Crippen LogP contribution in [0.15, 0.2) is 46.9 Å². The number of para-hydroxylation sites is 1. The third kappa shape index (κ3) is 2.91. The van der Waals surface area contributed by atoms with Gasteiger partial charge < -0.3 is 14.6 Å². The van der Waals surface area contributed by atoms with Gasteiger partial charge >= 0.3 is 0 Å². The lowest BCUT2D eigenvalue weighted by atomic mass is 10.00. The molecule has 1 atom stereocenters. The van der Waals surface area contributed by atoms with E-state index < -0.39 is 6.10 Å². The highest BCUT2D eigenvalue weighted by atomic mass is 79.9. The summed E-state index contributed by atoms with van der Waals surface area (Å²) >= 11 is 3.40. The van der Waals surface area contributed by atoms with E-state index in [4.69, 9.17) is 9.47 Å². The van der Waals surface area contributed by atoms with Gasteiger partial charge in [-0.15, -0.1) is 0 Å². The van der Waals surface area contributed by atoms with Gasteiger partial charge in [0.05, 0.1) is 14.2 Å². The minimum atomic E-state index is -0.802. The topological polar surface area (TPSA) is 38.7 Å². The first-order valence-corrected chi connectivity index (χ1v) is 6.61. The minimum absolute atomic E-state index is 0.640. The maximum atomic E-state index is 10.6. The lowest BCUT2D eigenvalue weighted by Crippen LogP contribution is -2.04. The minimum Gasteiger partial charge on any atom is -0.496 e. The molecule has 0 saturated carbocycles. The van der Waals surface area contributed by atoms with E-state index in [1.54, 1.807) is 14.2 Å². The van der Waals surface area contributed by atoms with Gasteiger partial charge in [-0.05, 0) is 24.3 Å². The lowest BCUT2D eigenvalue weighted by molar-refractivity contribution is 0.209. The second-order valence-corrected chi connectivity index (χ2v) is 4.95. The molecule has 100 valence electrons. The summed E-state index contributed by atoms with van der Waals surface area (Å²) in [4.78, 5) is 0. The summed E-state index contributed by atoms with van der Waals surface area (Å²) in [6.07, 6.45) is -0.802. The maximum Gasteiger partial charge on any atom is 0.125 e. The molecule has 0 aliphatic carbocycles. The fourth-order valence-electron chi connectivity index (χ4n) is 1.98. The molecule has 0 radical (unpaired) electrons. The van der Waals surface area contributed by atoms with E-state index in [1.165, 1.54) is 0 Å². The van der Waals surface area contributed by atoms with Crippen molar-refractivity contribution in [1.29, 1.82) is 0 Å². The number of aliphatic hydroxyl groups is 1. The highest BCUT2D eigenvalue weighted by Gasteiger charge is 2.19. The molecule has 2 rings (SSSR count). The zero-order chi connectivity index (χ0) is 13.8. The van der Waals surface area contributed by atoms with Crippen LogP contribution < -0.4 is 9.47 Å². The Morgan fingerprint density at radius 2 is 1.58 bits per heavy atom. The van der Waals surface area contributed by atoms with Crippen LogP contribution in [-0.2, 0) is 0 Å². The van der Waals surface area contributed by atoms with Gasteiger partial charge in [0.2, 0.25) is 0 Å². The Labute approximate surface area is 120 Å². The van der Waals surface area contributed by atoms with Crippen molar-refractivity contribution in [3.63, 3.8) is 0 Å². The maximum absolute atomic E-state index is 10.6. The van der Waals surface area contributed by atoms with Gasteiger partial charge in [0, 0.05) is 15.6 Å². The average Bonchev–Trinajstić information content (AvgIpc) is 2.46. The van der Waals surface area contributed by atoms with Gasteiger partial charge in [0.15, 0.2) is 0 Å². The molecular weight excluding hydrogens is 308 g/mol. The van der Waals surface area contributed by atoms with Crippen LogP contribution in [-0.4, -0.2) is 19.3 Å². The molecular formula is C15H15BrO3. The first-order chi connectivity index (χ1) is 9.17. The standard InChI is InChI=1S/C15H15BrO3/c1-18-13-6-4-3-5-11(13)15(17)12-9-10(16)7-8-14(12)19-2/h3-9,15,17H,1-2H3. The molecule has 0 aromatic heterocycles. The zero-order valence-electron chi connectivity index (χ0n) is 10.8. The largest absolute Gasteiger partial charge is 0.496 e. The highest BCUT2D eigenvalue weighted by Crippen LogP contribution is 2.35. The zero-order valence-corrected chi connectivity index (χ0v) is 12.3. The van der Waals surface area contributed by atoms with Gasteiger partial charge in [-0.2, -0.15) is 0 Å². The number of halogens is 1. The van der Waals surface area contributed by atoms with Crippen LogP contribution >= 0.6 is 15.9 Å². The molecule has 0 aliphatic rings. The summed E-state index contributed by atoms with van der Waals surface area (Å²) in [5, 5.41) is 10.6. The summed E-state index contributed by atoms with van der Waals surface area (Å²) in [7, 11) is 3.17. The van der Waals surface area contributed by atoms with Crippen LogP contribution in [0.25, 0.3) is 0 Å². The SMILES string of the molecule is COc1ccccc1C(O)c1cc(Br)ccc1OC. The molecule has 0 aliphatic heterocycles. The van der Waals surface area contributed by atoms with E-state index in [-0.39, 0.29) is 0 Å². The van der Waals surface area contributed by atoms with Gasteiger partial charge in [0.25, 0.3) is 0 Å². The summed E-state index contributed by atoms with van der Waals surface area (Å²) < 4.78 is 11.5. The van der Waals surface area contributed by atoms with Crippen molar-refractivity contribution in [3.8, 4) is 11.5 Å². The first kappa shape index (κ1) is 13.9. The predicted octanol–water partition coefficient (Wildman–Crippen LogP) is 3.55. The number of ether oxygens (including phenoxy) is 2. The number of benzene rings is 2. The summed E-state index contributed by atoms with van der Waals surface area (Å²) in [5.74, 6) is 1.29. The Bertz CT molecular complexity index is 569. The second kappa shape index (κ2) is 6.08. The van der Waals surface area contributed by atoms with E-state index in [9.17, 15) is 5.11 Å². The number of rotatable bonds is 4. The van der Waals surface area contributed by atoms with Crippen molar-refractivity contribution >= 4 is 15.9 Å². The first-order valence-electron chi connectivity index (χ1n) is 5.81. The van der Waals surface area contributed by atoms with Crippen molar-refractivity contribution < 1.29 is 14.6 Å². The molecule has 0 saturated heterocycles. The summed E-state index contributed by atoms with van der Waals surface area (Å²) in [5.41, 5.74) is 1.41. The number of hydrogen-bond acceptors (Lipinski definition) is 3. The van der Waals surface area contributed by atoms with Gasteiger partial charge in [-0.3, -0.25) is 0 Å². The third-order valence-corrected chi connectivity index (χ3v) is 3.41. The molecule has 3 nitrogen and oxygen atoms in total. The Kier molecular flexibility index (Phi) is 4.45. The Morgan fingerprint density at radius 3 is 2.26 bits per heavy atom. The van der Waals surface area contributed by atoms with Crippen LogP contribution in [0.2, 0.25) is 0 Å². The van der Waals surface area contributed by atoms with Gasteiger partial charge in [-0.1, -0.05) is 34.1 Å². The normalized spacial score (nSPS) is 12.0. The Hall–Kier alpha value is -1.52. The molecule has 19 heavy (non-hydrogen) atoms. The molecule has 0 spiro atoms. The average molecular weight is 323 g/mol. The van der Waals surface area contributed by atoms with Crippen LogP contribution in [0.1, 0.15) is 17.2 Å². The van der Waals surface area contributed by atoms with Crippen molar-refractivity contribution in [1.82, 2.24) is 0 Å². The Morgan fingerprint density at radius 1 is 0.947 bits per heavy atom. The molecule has 0 bridgehead atoms. The van der Waals surface area contributed by atoms with Crippen LogP contribution in [0.5, 0.6) is 11.5 Å². The fraction of sp³-hybridized carbons (Fsp3) is 0.200. The van der Waals surface area contributed by atoms with E-state index >= 15 is 0 Å². The Balaban J connectivity index is 2.49. The molecule has 2 aromatic carbocycles. The van der Waals surface area contributed by atoms with Crippen molar-refractivity contribution in [2.24, 2.45) is 0 Å². The number of hydrogen-bond donors (Lipinski definition) is 1. The van der Waals surface area contributed by atoms with E-state index in [0.29, 0.717) is 22.6 Å². The molecule has 0 heterocycles. The second-order valence-electron chi connectivity index (χ2n) is 4.03. The number of methoxy groups -OCH3 is 2. The summed E-state index contributed by atoms with van der Waals surface area (Å²) in [6.45, 7) is 0. The quantitative estimate of drug-likeness (QED) is 0.935. The molecule has 0 amide bonds. The molecule has 1 unspecified atom stereocenters. The smallest absolute Gasteiger partial charge is 0.125 e. The van der Waals surface area contributed by atoms with Crippen LogP contribution in [0.4, 0.5) is 0 Å². The monoisotopic (exact) mass is 322 g/mol. The fourth-order valence-corrected chi connectivity index (χ4v) is 2.36. The van der Waals surface area contributed by atoms with E-state index in [2.05, 4.69) is 15.9 Å². The van der Waals surface area contributed by atoms with Crippen molar-refractivity contribution in [2.45, 2.75) is 6.10 Å². The van der Waals surface area contributed by atoms with E-state index in [1.807, 2.05) is 42.5 Å². The van der Waals surface area contributed by atoms with Crippen LogP contribution in [0.3, 0.4) is 0 Å². The van der Waals surface area contributed by atoms with Gasteiger partial charge in [0.1, 0.15) is 17.6 Å². The molecule has 1 N–H and O–H groups in total. The highest BCUT2D eigenvalue weighted by molar-refractivity contribution is 9.10. The molecule has 4 heteroatoms. The molecule has 2 aromatic rings. The summed E-state index contributed by atoms with van der Waals surface area (Å²) in [6, 6.07) is 12.9.